The van der Waals surface area contributed by atoms with Crippen LogP contribution in [0.5, 0.6) is 0 Å². The fraction of sp³-hybridized carbons (Fsp3) is 0.545. The Morgan fingerprint density at radius 1 is 0.815 bits per heavy atom. The van der Waals surface area contributed by atoms with Crippen molar-refractivity contribution in [1.82, 2.24) is 20.0 Å². The van der Waals surface area contributed by atoms with Gasteiger partial charge in [0.2, 0.25) is 0 Å². The quantitative estimate of drug-likeness (QED) is 0.834. The minimum absolute atomic E-state index is 0.764. The highest BCUT2D eigenvalue weighted by atomic mass is 15.3. The van der Waals surface area contributed by atoms with Crippen LogP contribution < -0.4 is 4.90 Å². The summed E-state index contributed by atoms with van der Waals surface area (Å²) in [6, 6.07) is 13.8. The molecule has 5 heteroatoms. The number of fused-ring (bicyclic) bond motifs is 1. The van der Waals surface area contributed by atoms with Crippen LogP contribution in [-0.4, -0.2) is 65.3 Å². The van der Waals surface area contributed by atoms with Gasteiger partial charge in [0.25, 0.3) is 0 Å². The largest absolute Gasteiger partial charge is 0.372 e. The van der Waals surface area contributed by atoms with E-state index in [0.29, 0.717) is 0 Å². The average molecular weight is 364 g/mol. The lowest BCUT2D eigenvalue weighted by Crippen LogP contribution is -2.49. The van der Waals surface area contributed by atoms with E-state index in [1.165, 1.54) is 64.1 Å². The van der Waals surface area contributed by atoms with E-state index in [4.69, 9.17) is 0 Å². The first kappa shape index (κ1) is 17.1. The van der Waals surface area contributed by atoms with Gasteiger partial charge in [-0.2, -0.15) is 10.2 Å². The summed E-state index contributed by atoms with van der Waals surface area (Å²) in [6.07, 6.45) is 5.34. The van der Waals surface area contributed by atoms with Gasteiger partial charge in [-0.1, -0.05) is 12.1 Å². The minimum Gasteiger partial charge on any atom is -0.372 e. The molecule has 0 radical (unpaired) electrons. The van der Waals surface area contributed by atoms with Crippen LogP contribution in [0.15, 0.2) is 36.4 Å². The first-order valence-corrected chi connectivity index (χ1v) is 10.5. The summed E-state index contributed by atoms with van der Waals surface area (Å²) >= 11 is 0. The highest BCUT2D eigenvalue weighted by Gasteiger charge is 2.30. The zero-order valence-electron chi connectivity index (χ0n) is 16.1. The molecular weight excluding hydrogens is 334 g/mol. The molecule has 5 nitrogen and oxygen atoms in total. The molecule has 2 aromatic rings. The van der Waals surface area contributed by atoms with E-state index >= 15 is 0 Å². The molecule has 3 saturated heterocycles. The molecule has 27 heavy (non-hydrogen) atoms. The SMILES string of the molecule is c1cc(N2CCCC2)ccc1-c1ccc(CN2CCN3CCCC3C2)nn1. The molecule has 0 N–H and O–H groups in total. The summed E-state index contributed by atoms with van der Waals surface area (Å²) < 4.78 is 0. The van der Waals surface area contributed by atoms with E-state index in [0.717, 1.165) is 36.1 Å². The van der Waals surface area contributed by atoms with E-state index in [9.17, 15) is 0 Å². The van der Waals surface area contributed by atoms with Crippen molar-refractivity contribution >= 4 is 5.69 Å². The first-order valence-electron chi connectivity index (χ1n) is 10.5. The second-order valence-corrected chi connectivity index (χ2v) is 8.22. The van der Waals surface area contributed by atoms with Crippen LogP contribution in [-0.2, 0) is 6.54 Å². The van der Waals surface area contributed by atoms with Gasteiger partial charge in [0.15, 0.2) is 0 Å². The third-order valence-corrected chi connectivity index (χ3v) is 6.41. The van der Waals surface area contributed by atoms with E-state index in [2.05, 4.69) is 61.3 Å². The van der Waals surface area contributed by atoms with Crippen molar-refractivity contribution in [3.63, 3.8) is 0 Å². The van der Waals surface area contributed by atoms with Gasteiger partial charge in [0.1, 0.15) is 0 Å². The highest BCUT2D eigenvalue weighted by molar-refractivity contribution is 5.63. The van der Waals surface area contributed by atoms with Crippen molar-refractivity contribution in [1.29, 1.82) is 0 Å². The third-order valence-electron chi connectivity index (χ3n) is 6.41. The minimum atomic E-state index is 0.764. The molecule has 5 rings (SSSR count). The second-order valence-electron chi connectivity index (χ2n) is 8.22. The molecular formula is C22H29N5. The Bertz CT molecular complexity index is 751. The molecule has 1 aromatic heterocycles. The first-order chi connectivity index (χ1) is 13.3. The molecule has 1 unspecified atom stereocenters. The fourth-order valence-electron chi connectivity index (χ4n) is 4.84. The van der Waals surface area contributed by atoms with Crippen molar-refractivity contribution in [2.24, 2.45) is 0 Å². The Morgan fingerprint density at radius 3 is 2.44 bits per heavy atom. The van der Waals surface area contributed by atoms with Gasteiger partial charge < -0.3 is 4.90 Å². The lowest BCUT2D eigenvalue weighted by Gasteiger charge is -2.37. The summed E-state index contributed by atoms with van der Waals surface area (Å²) in [7, 11) is 0. The van der Waals surface area contributed by atoms with Crippen molar-refractivity contribution in [3.8, 4) is 11.3 Å². The summed E-state index contributed by atoms with van der Waals surface area (Å²) in [5, 5.41) is 9.03. The van der Waals surface area contributed by atoms with E-state index in [-0.39, 0.29) is 0 Å². The Hall–Kier alpha value is -1.98. The zero-order chi connectivity index (χ0) is 18.1. The van der Waals surface area contributed by atoms with Gasteiger partial charge in [-0.25, -0.2) is 0 Å². The second kappa shape index (κ2) is 7.56. The predicted molar refractivity (Wildman–Crippen MR) is 109 cm³/mol. The maximum atomic E-state index is 4.52. The topological polar surface area (TPSA) is 35.5 Å². The number of nitrogens with zero attached hydrogens (tertiary/aromatic N) is 5. The molecule has 142 valence electrons. The van der Waals surface area contributed by atoms with Crippen LogP contribution in [0.25, 0.3) is 11.3 Å². The molecule has 0 spiro atoms. The van der Waals surface area contributed by atoms with Gasteiger partial charge in [-0.05, 0) is 56.5 Å². The zero-order valence-corrected chi connectivity index (χ0v) is 16.1. The number of hydrogen-bond acceptors (Lipinski definition) is 5. The smallest absolute Gasteiger partial charge is 0.0929 e. The molecule has 0 amide bonds. The molecule has 3 fully saturated rings. The van der Waals surface area contributed by atoms with Crippen molar-refractivity contribution in [3.05, 3.63) is 42.1 Å². The van der Waals surface area contributed by atoms with Gasteiger partial charge in [0.05, 0.1) is 11.4 Å². The van der Waals surface area contributed by atoms with Crippen LogP contribution in [0.1, 0.15) is 31.4 Å². The number of aromatic nitrogens is 2. The van der Waals surface area contributed by atoms with Gasteiger partial charge in [0, 0.05) is 56.6 Å². The van der Waals surface area contributed by atoms with Gasteiger partial charge in [-0.15, -0.1) is 0 Å². The van der Waals surface area contributed by atoms with Crippen molar-refractivity contribution < 1.29 is 0 Å². The number of hydrogen-bond donors (Lipinski definition) is 0. The number of rotatable bonds is 4. The monoisotopic (exact) mass is 363 g/mol. The van der Waals surface area contributed by atoms with Gasteiger partial charge in [-0.3, -0.25) is 9.80 Å². The third kappa shape index (κ3) is 3.71. The molecule has 4 heterocycles. The molecule has 1 aromatic carbocycles. The average Bonchev–Trinajstić information content (AvgIpc) is 3.40. The highest BCUT2D eigenvalue weighted by Crippen LogP contribution is 2.25. The Kier molecular flexibility index (Phi) is 4.80. The molecule has 3 aliphatic heterocycles. The molecule has 0 bridgehead atoms. The molecule has 3 aliphatic rings. The Balaban J connectivity index is 1.22. The standard InChI is InChI=1S/C22H29N5/c1-2-12-26(11-1)20-8-5-18(6-9-20)22-10-7-19(23-24-22)16-25-14-15-27-13-3-4-21(27)17-25/h5-10,21H,1-4,11-17H2. The van der Waals surface area contributed by atoms with Crippen molar-refractivity contribution in [2.75, 3.05) is 44.2 Å². The normalized spacial score (nSPS) is 23.7. The number of anilines is 1. The summed E-state index contributed by atoms with van der Waals surface area (Å²) in [6.45, 7) is 8.12. The number of benzene rings is 1. The van der Waals surface area contributed by atoms with Crippen LogP contribution in [0, 0.1) is 0 Å². The lowest BCUT2D eigenvalue weighted by atomic mass is 10.1. The fourth-order valence-corrected chi connectivity index (χ4v) is 4.84. The summed E-state index contributed by atoms with van der Waals surface area (Å²) in [5.41, 5.74) is 4.52. The van der Waals surface area contributed by atoms with E-state index < -0.39 is 0 Å². The van der Waals surface area contributed by atoms with Crippen molar-refractivity contribution in [2.45, 2.75) is 38.3 Å². The molecule has 1 atom stereocenters. The maximum absolute atomic E-state index is 4.52. The van der Waals surface area contributed by atoms with E-state index in [1.807, 2.05) is 0 Å². The number of piperazine rings is 1. The lowest BCUT2D eigenvalue weighted by molar-refractivity contribution is 0.0982. The van der Waals surface area contributed by atoms with Crippen LogP contribution in [0.2, 0.25) is 0 Å². The van der Waals surface area contributed by atoms with Gasteiger partial charge >= 0.3 is 0 Å². The molecule has 0 saturated carbocycles. The summed E-state index contributed by atoms with van der Waals surface area (Å²) in [4.78, 5) is 7.65. The van der Waals surface area contributed by atoms with Crippen LogP contribution in [0.4, 0.5) is 5.69 Å². The Morgan fingerprint density at radius 2 is 1.67 bits per heavy atom. The molecule has 0 aliphatic carbocycles. The predicted octanol–water partition coefficient (Wildman–Crippen LogP) is 3.02. The Labute approximate surface area is 162 Å². The summed E-state index contributed by atoms with van der Waals surface area (Å²) in [5.74, 6) is 0. The van der Waals surface area contributed by atoms with E-state index in [1.54, 1.807) is 0 Å². The van der Waals surface area contributed by atoms with Crippen LogP contribution in [0.3, 0.4) is 0 Å². The van der Waals surface area contributed by atoms with Crippen LogP contribution >= 0.6 is 0 Å². The maximum Gasteiger partial charge on any atom is 0.0929 e.